The average molecular weight is 460 g/mol. The molecule has 1 heterocycles. The number of nitrogens with one attached hydrogen (secondary N) is 1. The summed E-state index contributed by atoms with van der Waals surface area (Å²) in [6, 6.07) is 7.87. The lowest BCUT2D eigenvalue weighted by atomic mass is 10.2. The number of halogens is 2. The zero-order chi connectivity index (χ0) is 19.1. The van der Waals surface area contributed by atoms with Crippen molar-refractivity contribution >= 4 is 54.8 Å². The van der Waals surface area contributed by atoms with Gasteiger partial charge in [-0.25, -0.2) is 8.42 Å². The molecular formula is C17H16BrClN2O4S. The molecule has 1 N–H and O–H groups in total. The Hall–Kier alpha value is -1.77. The van der Waals surface area contributed by atoms with Gasteiger partial charge in [-0.05, 0) is 58.2 Å². The predicted molar refractivity (Wildman–Crippen MR) is 105 cm³/mol. The van der Waals surface area contributed by atoms with Crippen LogP contribution in [0.25, 0.3) is 0 Å². The van der Waals surface area contributed by atoms with E-state index in [0.29, 0.717) is 39.6 Å². The highest BCUT2D eigenvalue weighted by atomic mass is 79.9. The number of nitrogens with zero attached hydrogens (tertiary/aromatic N) is 1. The van der Waals surface area contributed by atoms with E-state index in [1.807, 2.05) is 0 Å². The van der Waals surface area contributed by atoms with Gasteiger partial charge in [-0.1, -0.05) is 11.6 Å². The Bertz CT molecular complexity index is 994. The molecule has 1 aliphatic heterocycles. The van der Waals surface area contributed by atoms with Crippen LogP contribution in [0.4, 0.5) is 11.4 Å². The smallest absolute Gasteiger partial charge is 0.263 e. The molecule has 9 heteroatoms. The molecule has 1 aliphatic rings. The van der Waals surface area contributed by atoms with Crippen molar-refractivity contribution in [3.05, 3.63) is 45.4 Å². The first kappa shape index (κ1) is 19.0. The molecule has 0 aliphatic carbocycles. The minimum absolute atomic E-state index is 0.0522. The second kappa shape index (κ2) is 7.09. The Morgan fingerprint density at radius 3 is 2.65 bits per heavy atom. The SMILES string of the molecule is COc1ccc(NS(=O)(=O)c2cc3c(cc2Br)CCN3C(C)=O)cc1Cl. The van der Waals surface area contributed by atoms with Gasteiger partial charge in [0, 0.05) is 23.6 Å². The number of sulfonamides is 1. The van der Waals surface area contributed by atoms with Gasteiger partial charge in [0.15, 0.2) is 0 Å². The molecule has 0 saturated heterocycles. The third-order valence-corrected chi connectivity index (χ3v) is 6.74. The second-order valence-corrected chi connectivity index (χ2v) is 8.70. The molecule has 0 fully saturated rings. The summed E-state index contributed by atoms with van der Waals surface area (Å²) in [5.41, 5.74) is 1.86. The van der Waals surface area contributed by atoms with Crippen molar-refractivity contribution in [1.82, 2.24) is 0 Å². The molecule has 0 unspecified atom stereocenters. The van der Waals surface area contributed by atoms with Crippen LogP contribution in [0, 0.1) is 0 Å². The van der Waals surface area contributed by atoms with Crippen molar-refractivity contribution in [2.24, 2.45) is 0 Å². The normalized spacial score (nSPS) is 13.5. The number of amides is 1. The number of carbonyl (C=O) groups excluding carboxylic acids is 1. The van der Waals surface area contributed by atoms with Gasteiger partial charge in [-0.2, -0.15) is 0 Å². The molecule has 26 heavy (non-hydrogen) atoms. The molecule has 1 amide bonds. The third-order valence-electron chi connectivity index (χ3n) is 4.10. The maximum absolute atomic E-state index is 12.8. The van der Waals surface area contributed by atoms with E-state index in [4.69, 9.17) is 16.3 Å². The van der Waals surface area contributed by atoms with Crippen LogP contribution in [0.2, 0.25) is 5.02 Å². The highest BCUT2D eigenvalue weighted by molar-refractivity contribution is 9.10. The fourth-order valence-electron chi connectivity index (χ4n) is 2.86. The number of fused-ring (bicyclic) bond motifs is 1. The number of ether oxygens (including phenoxy) is 1. The Morgan fingerprint density at radius 1 is 1.31 bits per heavy atom. The van der Waals surface area contributed by atoms with Crippen molar-refractivity contribution in [1.29, 1.82) is 0 Å². The van der Waals surface area contributed by atoms with Crippen LogP contribution in [0.1, 0.15) is 12.5 Å². The molecule has 0 radical (unpaired) electrons. The molecule has 6 nitrogen and oxygen atoms in total. The average Bonchev–Trinajstić information content (AvgIpc) is 2.96. The van der Waals surface area contributed by atoms with Crippen molar-refractivity contribution in [2.75, 3.05) is 23.3 Å². The van der Waals surface area contributed by atoms with E-state index in [1.54, 1.807) is 23.1 Å². The van der Waals surface area contributed by atoms with Gasteiger partial charge in [-0.15, -0.1) is 0 Å². The van der Waals surface area contributed by atoms with E-state index in [9.17, 15) is 13.2 Å². The monoisotopic (exact) mass is 458 g/mol. The molecule has 0 atom stereocenters. The van der Waals surface area contributed by atoms with Gasteiger partial charge in [-0.3, -0.25) is 9.52 Å². The van der Waals surface area contributed by atoms with Crippen molar-refractivity contribution < 1.29 is 17.9 Å². The van der Waals surface area contributed by atoms with Crippen LogP contribution in [-0.4, -0.2) is 28.0 Å². The Labute approximate surface area is 165 Å². The highest BCUT2D eigenvalue weighted by Gasteiger charge is 2.27. The van der Waals surface area contributed by atoms with E-state index in [-0.39, 0.29) is 10.8 Å². The molecule has 0 bridgehead atoms. The first-order valence-corrected chi connectivity index (χ1v) is 10.3. The molecule has 3 rings (SSSR count). The summed E-state index contributed by atoms with van der Waals surface area (Å²) >= 11 is 9.38. The summed E-state index contributed by atoms with van der Waals surface area (Å²) in [6.07, 6.45) is 0.690. The fraction of sp³-hybridized carbons (Fsp3) is 0.235. The number of hydrogen-bond donors (Lipinski definition) is 1. The van der Waals surface area contributed by atoms with Gasteiger partial charge in [0.2, 0.25) is 5.91 Å². The van der Waals surface area contributed by atoms with Gasteiger partial charge in [0.05, 0.1) is 17.8 Å². The number of benzene rings is 2. The number of hydrogen-bond acceptors (Lipinski definition) is 4. The van der Waals surface area contributed by atoms with Crippen LogP contribution >= 0.6 is 27.5 Å². The quantitative estimate of drug-likeness (QED) is 0.754. The highest BCUT2D eigenvalue weighted by Crippen LogP contribution is 2.36. The van der Waals surface area contributed by atoms with Crippen LogP contribution in [-0.2, 0) is 21.2 Å². The van der Waals surface area contributed by atoms with E-state index >= 15 is 0 Å². The van der Waals surface area contributed by atoms with Crippen molar-refractivity contribution in [3.8, 4) is 5.75 Å². The number of anilines is 2. The van der Waals surface area contributed by atoms with Gasteiger partial charge in [0.25, 0.3) is 10.0 Å². The van der Waals surface area contributed by atoms with E-state index < -0.39 is 10.0 Å². The number of rotatable bonds is 4. The first-order valence-electron chi connectivity index (χ1n) is 7.70. The summed E-state index contributed by atoms with van der Waals surface area (Å²) < 4.78 is 33.7. The van der Waals surface area contributed by atoms with Gasteiger partial charge >= 0.3 is 0 Å². The van der Waals surface area contributed by atoms with Crippen LogP contribution in [0.5, 0.6) is 5.75 Å². The Morgan fingerprint density at radius 2 is 2.04 bits per heavy atom. The lowest BCUT2D eigenvalue weighted by Crippen LogP contribution is -2.26. The van der Waals surface area contributed by atoms with E-state index in [1.165, 1.54) is 26.2 Å². The number of carbonyl (C=O) groups is 1. The van der Waals surface area contributed by atoms with E-state index in [2.05, 4.69) is 20.7 Å². The Kier molecular flexibility index (Phi) is 5.18. The summed E-state index contributed by atoms with van der Waals surface area (Å²) in [6.45, 7) is 2.01. The maximum Gasteiger partial charge on any atom is 0.263 e. The molecular weight excluding hydrogens is 444 g/mol. The molecule has 0 saturated carbocycles. The predicted octanol–water partition coefficient (Wildman–Crippen LogP) is 3.82. The minimum atomic E-state index is -3.89. The second-order valence-electron chi connectivity index (χ2n) is 5.79. The van der Waals surface area contributed by atoms with Crippen LogP contribution in [0.15, 0.2) is 39.7 Å². The lowest BCUT2D eigenvalue weighted by Gasteiger charge is -2.17. The fourth-order valence-corrected chi connectivity index (χ4v) is 5.28. The zero-order valence-electron chi connectivity index (χ0n) is 14.0. The standard InChI is InChI=1S/C17H16BrClN2O4S/c1-10(22)21-6-5-11-7-13(18)17(9-15(11)21)26(23,24)20-12-3-4-16(25-2)14(19)8-12/h3-4,7-9,20H,5-6H2,1-2H3. The summed E-state index contributed by atoms with van der Waals surface area (Å²) in [4.78, 5) is 13.4. The summed E-state index contributed by atoms with van der Waals surface area (Å²) in [5.74, 6) is 0.328. The zero-order valence-corrected chi connectivity index (χ0v) is 17.2. The third kappa shape index (κ3) is 3.54. The molecule has 138 valence electrons. The maximum atomic E-state index is 12.8. The van der Waals surface area contributed by atoms with Crippen LogP contribution in [0.3, 0.4) is 0 Å². The minimum Gasteiger partial charge on any atom is -0.495 e. The van der Waals surface area contributed by atoms with E-state index in [0.717, 1.165) is 5.56 Å². The molecule has 2 aromatic carbocycles. The topological polar surface area (TPSA) is 75.7 Å². The largest absolute Gasteiger partial charge is 0.495 e. The lowest BCUT2D eigenvalue weighted by molar-refractivity contribution is -0.116. The van der Waals surface area contributed by atoms with Crippen LogP contribution < -0.4 is 14.4 Å². The summed E-state index contributed by atoms with van der Waals surface area (Å²) in [7, 11) is -2.41. The molecule has 2 aromatic rings. The van der Waals surface area contributed by atoms with Gasteiger partial charge in [0.1, 0.15) is 10.6 Å². The van der Waals surface area contributed by atoms with Crippen molar-refractivity contribution in [2.45, 2.75) is 18.2 Å². The molecule has 0 spiro atoms. The van der Waals surface area contributed by atoms with Crippen molar-refractivity contribution in [3.63, 3.8) is 0 Å². The number of methoxy groups -OCH3 is 1. The summed E-state index contributed by atoms with van der Waals surface area (Å²) in [5, 5.41) is 0.295. The Balaban J connectivity index is 1.99. The first-order chi connectivity index (χ1) is 12.2. The molecule has 0 aromatic heterocycles. The van der Waals surface area contributed by atoms with Gasteiger partial charge < -0.3 is 9.64 Å².